The number of amides is 1. The largest absolute Gasteiger partial charge is 0.463 e. The van der Waals surface area contributed by atoms with E-state index in [2.05, 4.69) is 15.3 Å². The number of aromatic amines is 1. The van der Waals surface area contributed by atoms with Crippen LogP contribution in [0.5, 0.6) is 0 Å². The molecular formula is C19H13ClN4O3. The van der Waals surface area contributed by atoms with E-state index >= 15 is 0 Å². The molecular weight excluding hydrogens is 368 g/mol. The number of benzene rings is 1. The third kappa shape index (κ3) is 3.40. The molecule has 1 aromatic carbocycles. The molecule has 0 bridgehead atoms. The Hall–Kier alpha value is -3.58. The lowest BCUT2D eigenvalue weighted by molar-refractivity contribution is 0.102. The zero-order valence-electron chi connectivity index (χ0n) is 13.8. The normalized spacial score (nSPS) is 10.7. The summed E-state index contributed by atoms with van der Waals surface area (Å²) < 4.78 is 6.99. The molecule has 27 heavy (non-hydrogen) atoms. The number of halogens is 1. The average molecular weight is 381 g/mol. The maximum Gasteiger partial charge on any atom is 0.261 e. The Morgan fingerprint density at radius 3 is 2.78 bits per heavy atom. The lowest BCUT2D eigenvalue weighted by atomic mass is 10.2. The van der Waals surface area contributed by atoms with Crippen LogP contribution in [0.3, 0.4) is 0 Å². The first-order valence-electron chi connectivity index (χ1n) is 7.98. The van der Waals surface area contributed by atoms with Gasteiger partial charge in [-0.2, -0.15) is 0 Å². The van der Waals surface area contributed by atoms with E-state index in [-0.39, 0.29) is 5.56 Å². The predicted molar refractivity (Wildman–Crippen MR) is 101 cm³/mol. The second-order valence-corrected chi connectivity index (χ2v) is 6.09. The van der Waals surface area contributed by atoms with E-state index in [0.717, 1.165) is 5.69 Å². The first kappa shape index (κ1) is 16.9. The number of H-pyrrole nitrogens is 1. The summed E-state index contributed by atoms with van der Waals surface area (Å²) in [4.78, 5) is 31.3. The summed E-state index contributed by atoms with van der Waals surface area (Å²) in [7, 11) is 0. The van der Waals surface area contributed by atoms with Gasteiger partial charge in [0.25, 0.3) is 11.5 Å². The minimum absolute atomic E-state index is 0.0138. The highest BCUT2D eigenvalue weighted by Gasteiger charge is 2.13. The summed E-state index contributed by atoms with van der Waals surface area (Å²) in [5.41, 5.74) is 1.17. The number of carbonyl (C=O) groups is 1. The number of pyridine rings is 1. The number of furan rings is 1. The van der Waals surface area contributed by atoms with Gasteiger partial charge in [0.15, 0.2) is 0 Å². The van der Waals surface area contributed by atoms with E-state index < -0.39 is 11.5 Å². The molecule has 0 aliphatic heterocycles. The van der Waals surface area contributed by atoms with Gasteiger partial charge in [0.2, 0.25) is 0 Å². The van der Waals surface area contributed by atoms with Crippen LogP contribution in [0.2, 0.25) is 5.02 Å². The first-order chi connectivity index (χ1) is 13.1. The van der Waals surface area contributed by atoms with Crippen LogP contribution >= 0.6 is 11.6 Å². The van der Waals surface area contributed by atoms with Gasteiger partial charge in [0.05, 0.1) is 29.0 Å². The van der Waals surface area contributed by atoms with Gasteiger partial charge in [-0.05, 0) is 42.5 Å². The molecule has 0 unspecified atom stereocenters. The minimum atomic E-state index is -0.534. The van der Waals surface area contributed by atoms with Crippen molar-refractivity contribution in [1.82, 2.24) is 14.5 Å². The van der Waals surface area contributed by atoms with Gasteiger partial charge >= 0.3 is 0 Å². The molecule has 0 fully saturated rings. The number of anilines is 1. The van der Waals surface area contributed by atoms with Crippen LogP contribution in [0.4, 0.5) is 5.69 Å². The number of imidazole rings is 1. The summed E-state index contributed by atoms with van der Waals surface area (Å²) >= 11 is 6.28. The van der Waals surface area contributed by atoms with Crippen LogP contribution in [-0.2, 0) is 0 Å². The van der Waals surface area contributed by atoms with Crippen molar-refractivity contribution < 1.29 is 9.21 Å². The molecule has 0 aliphatic carbocycles. The summed E-state index contributed by atoms with van der Waals surface area (Å²) in [5.74, 6) is -0.0189. The molecule has 0 spiro atoms. The number of rotatable bonds is 4. The molecule has 8 heteroatoms. The number of nitrogens with zero attached hydrogens (tertiary/aromatic N) is 2. The van der Waals surface area contributed by atoms with Gasteiger partial charge in [-0.15, -0.1) is 0 Å². The fourth-order valence-corrected chi connectivity index (χ4v) is 2.90. The first-order valence-corrected chi connectivity index (χ1v) is 8.36. The van der Waals surface area contributed by atoms with Crippen molar-refractivity contribution in [2.24, 2.45) is 0 Å². The van der Waals surface area contributed by atoms with Crippen molar-refractivity contribution in [3.63, 3.8) is 0 Å². The van der Waals surface area contributed by atoms with Crippen LogP contribution < -0.4 is 10.9 Å². The Kier molecular flexibility index (Phi) is 4.35. The standard InChI is InChI=1S/C19H13ClN4O3/c20-14-10-12(3-6-16(14)24-8-7-21-11-24)22-18(25)13-4-5-15(23-19(13)26)17-2-1-9-27-17/h1-11H,(H,22,25)(H,23,26). The Bertz CT molecular complexity index is 1150. The van der Waals surface area contributed by atoms with E-state index in [1.807, 2.05) is 0 Å². The van der Waals surface area contributed by atoms with Gasteiger partial charge in [-0.25, -0.2) is 4.98 Å². The van der Waals surface area contributed by atoms with Crippen molar-refractivity contribution in [2.75, 3.05) is 5.32 Å². The monoisotopic (exact) mass is 380 g/mol. The van der Waals surface area contributed by atoms with Crippen molar-refractivity contribution in [3.05, 3.63) is 88.4 Å². The molecule has 2 N–H and O–H groups in total. The van der Waals surface area contributed by atoms with Gasteiger partial charge in [0, 0.05) is 18.1 Å². The van der Waals surface area contributed by atoms with Gasteiger partial charge in [0.1, 0.15) is 11.3 Å². The number of nitrogens with one attached hydrogen (secondary N) is 2. The minimum Gasteiger partial charge on any atom is -0.463 e. The summed E-state index contributed by atoms with van der Waals surface area (Å²) in [6.45, 7) is 0. The van der Waals surface area contributed by atoms with Crippen LogP contribution in [-0.4, -0.2) is 20.4 Å². The van der Waals surface area contributed by atoms with Crippen molar-refractivity contribution in [3.8, 4) is 17.1 Å². The number of hydrogen-bond donors (Lipinski definition) is 2. The van der Waals surface area contributed by atoms with E-state index in [1.54, 1.807) is 59.7 Å². The number of aromatic nitrogens is 3. The Balaban J connectivity index is 1.56. The average Bonchev–Trinajstić information content (AvgIpc) is 3.36. The molecule has 7 nitrogen and oxygen atoms in total. The van der Waals surface area contributed by atoms with E-state index in [1.165, 1.54) is 12.3 Å². The van der Waals surface area contributed by atoms with E-state index in [4.69, 9.17) is 16.0 Å². The molecule has 0 saturated carbocycles. The van der Waals surface area contributed by atoms with Crippen molar-refractivity contribution in [2.45, 2.75) is 0 Å². The zero-order valence-corrected chi connectivity index (χ0v) is 14.6. The number of carbonyl (C=O) groups excluding carboxylic acids is 1. The molecule has 0 saturated heterocycles. The van der Waals surface area contributed by atoms with Crippen molar-refractivity contribution in [1.29, 1.82) is 0 Å². The molecule has 0 atom stereocenters. The SMILES string of the molecule is O=C(Nc1ccc(-n2ccnc2)c(Cl)c1)c1ccc(-c2ccco2)[nH]c1=O. The van der Waals surface area contributed by atoms with Crippen LogP contribution in [0, 0.1) is 0 Å². The van der Waals surface area contributed by atoms with Gasteiger partial charge in [-0.3, -0.25) is 9.59 Å². The maximum atomic E-state index is 12.4. The molecule has 134 valence electrons. The van der Waals surface area contributed by atoms with Crippen LogP contribution in [0.15, 0.2) is 76.7 Å². The Morgan fingerprint density at radius 1 is 1.22 bits per heavy atom. The van der Waals surface area contributed by atoms with Crippen LogP contribution in [0.1, 0.15) is 10.4 Å². The zero-order chi connectivity index (χ0) is 18.8. The van der Waals surface area contributed by atoms with E-state index in [0.29, 0.717) is 22.2 Å². The molecule has 4 aromatic rings. The fourth-order valence-electron chi connectivity index (χ4n) is 2.62. The van der Waals surface area contributed by atoms with Crippen LogP contribution in [0.25, 0.3) is 17.1 Å². The highest BCUT2D eigenvalue weighted by atomic mass is 35.5. The Labute approximate surface area is 158 Å². The molecule has 3 heterocycles. The lowest BCUT2D eigenvalue weighted by Crippen LogP contribution is -2.23. The maximum absolute atomic E-state index is 12.4. The summed E-state index contributed by atoms with van der Waals surface area (Å²) in [6.07, 6.45) is 6.54. The predicted octanol–water partition coefficient (Wildman–Crippen LogP) is 3.73. The smallest absolute Gasteiger partial charge is 0.261 e. The second-order valence-electron chi connectivity index (χ2n) is 5.68. The highest BCUT2D eigenvalue weighted by molar-refractivity contribution is 6.32. The third-order valence-corrected chi connectivity index (χ3v) is 4.23. The lowest BCUT2D eigenvalue weighted by Gasteiger charge is -2.09. The molecule has 0 aliphatic rings. The molecule has 1 amide bonds. The summed E-state index contributed by atoms with van der Waals surface area (Å²) in [5, 5.41) is 3.11. The summed E-state index contributed by atoms with van der Waals surface area (Å²) in [6, 6.07) is 11.6. The second kappa shape index (κ2) is 6.97. The molecule has 3 aromatic heterocycles. The molecule has 4 rings (SSSR count). The third-order valence-electron chi connectivity index (χ3n) is 3.93. The Morgan fingerprint density at radius 2 is 2.11 bits per heavy atom. The highest BCUT2D eigenvalue weighted by Crippen LogP contribution is 2.24. The number of hydrogen-bond acceptors (Lipinski definition) is 4. The van der Waals surface area contributed by atoms with Gasteiger partial charge in [-0.1, -0.05) is 11.6 Å². The topological polar surface area (TPSA) is 92.9 Å². The van der Waals surface area contributed by atoms with Crippen molar-refractivity contribution >= 4 is 23.2 Å². The quantitative estimate of drug-likeness (QED) is 0.564. The van der Waals surface area contributed by atoms with Gasteiger partial charge < -0.3 is 19.3 Å². The fraction of sp³-hybridized carbons (Fsp3) is 0. The van der Waals surface area contributed by atoms with E-state index in [9.17, 15) is 9.59 Å². The molecule has 0 radical (unpaired) electrons.